The van der Waals surface area contributed by atoms with Gasteiger partial charge in [-0.1, -0.05) is 84.4 Å². The van der Waals surface area contributed by atoms with Gasteiger partial charge in [0.1, 0.15) is 0 Å². The predicted octanol–water partition coefficient (Wildman–Crippen LogP) is 11.2. The Kier molecular flexibility index (Phi) is 9.48. The van der Waals surface area contributed by atoms with Gasteiger partial charge in [-0.2, -0.15) is 0 Å². The van der Waals surface area contributed by atoms with Crippen LogP contribution in [0.15, 0.2) is 153 Å². The predicted molar refractivity (Wildman–Crippen MR) is 161 cm³/mol. The molecule has 5 rings (SSSR count). The molecule has 42 heavy (non-hydrogen) atoms. The van der Waals surface area contributed by atoms with Crippen LogP contribution in [0.1, 0.15) is 10.4 Å². The second-order valence-electron chi connectivity index (χ2n) is 8.81. The van der Waals surface area contributed by atoms with Crippen molar-refractivity contribution in [3.63, 3.8) is 0 Å². The molecule has 11 heteroatoms. The third-order valence-electron chi connectivity index (χ3n) is 5.52. The van der Waals surface area contributed by atoms with Crippen LogP contribution in [0.5, 0.6) is 0 Å². The summed E-state index contributed by atoms with van der Waals surface area (Å²) < 4.78 is 59.6. The molecule has 0 unspecified atom stereocenters. The summed E-state index contributed by atoms with van der Waals surface area (Å²) in [5.74, 6) is 0. The van der Waals surface area contributed by atoms with Gasteiger partial charge in [-0.05, 0) is 78.0 Å². The zero-order valence-corrected chi connectivity index (χ0v) is 26.5. The topological polar surface area (TPSA) is 17.1 Å². The summed E-state index contributed by atoms with van der Waals surface area (Å²) in [6.45, 7) is 0. The molecule has 1 nitrogen and oxygen atoms in total. The molecule has 0 aliphatic carbocycles. The van der Waals surface area contributed by atoms with Gasteiger partial charge in [-0.15, -0.1) is 0 Å². The Bertz CT molecular complexity index is 1600. The van der Waals surface area contributed by atoms with Crippen molar-refractivity contribution >= 4 is 58.8 Å². The molecule has 0 aliphatic heterocycles. The molecule has 0 radical (unpaired) electrons. The van der Waals surface area contributed by atoms with Gasteiger partial charge >= 0.3 is 36.4 Å². The molecular formula is C31H22ClF6OS2Sb. The van der Waals surface area contributed by atoms with E-state index in [2.05, 4.69) is 84.9 Å². The van der Waals surface area contributed by atoms with E-state index in [1.54, 1.807) is 0 Å². The molecular weight excluding hydrogens is 724 g/mol. The molecule has 0 heterocycles. The van der Waals surface area contributed by atoms with Crippen LogP contribution in [-0.4, -0.2) is 24.6 Å². The Balaban J connectivity index is 0.000000517. The minimum atomic E-state index is -11.2. The van der Waals surface area contributed by atoms with Gasteiger partial charge < -0.3 is 0 Å². The van der Waals surface area contributed by atoms with Crippen LogP contribution in [-0.2, 0) is 10.9 Å². The van der Waals surface area contributed by atoms with E-state index in [0.29, 0.717) is 10.6 Å². The number of hydrogen-bond acceptors (Lipinski definition) is 2. The summed E-state index contributed by atoms with van der Waals surface area (Å²) in [7, 11) is -0.187. The average molecular weight is 746 g/mol. The summed E-state index contributed by atoms with van der Waals surface area (Å²) in [6, 6.07) is 45.0. The second-order valence-corrected chi connectivity index (χ2v) is 17.8. The van der Waals surface area contributed by atoms with Crippen molar-refractivity contribution in [2.75, 3.05) is 0 Å². The van der Waals surface area contributed by atoms with Crippen molar-refractivity contribution in [1.82, 2.24) is 0 Å². The first-order valence-corrected chi connectivity index (χ1v) is 20.4. The van der Waals surface area contributed by atoms with Crippen LogP contribution in [0.3, 0.4) is 0 Å². The van der Waals surface area contributed by atoms with Crippen LogP contribution in [0.4, 0.5) is 16.9 Å². The van der Waals surface area contributed by atoms with Crippen LogP contribution in [0.25, 0.3) is 11.1 Å². The number of hydrogen-bond donors (Lipinski definition) is 0. The summed E-state index contributed by atoms with van der Waals surface area (Å²) in [4.78, 5) is 17.2. The molecule has 5 aromatic rings. The van der Waals surface area contributed by atoms with Crippen LogP contribution >= 0.6 is 23.4 Å². The third kappa shape index (κ3) is 10.5. The van der Waals surface area contributed by atoms with Crippen molar-refractivity contribution in [2.24, 2.45) is 0 Å². The SMILES string of the molecule is O=C(Sc1ccc(-c2ccc([S+](c3ccccc3)c3ccccc3)cc2)c(Cl)c1)c1ccccc1.[F][Sb-]([F])([F])([F])([F])[F]. The monoisotopic (exact) mass is 744 g/mol. The fourth-order valence-corrected chi connectivity index (χ4v) is 7.04. The number of rotatable bonds is 6. The van der Waals surface area contributed by atoms with Crippen molar-refractivity contribution in [2.45, 2.75) is 19.6 Å². The minimum absolute atomic E-state index is 0.00706. The van der Waals surface area contributed by atoms with E-state index in [1.165, 1.54) is 26.4 Å². The van der Waals surface area contributed by atoms with Crippen LogP contribution < -0.4 is 0 Å². The van der Waals surface area contributed by atoms with Crippen molar-refractivity contribution in [3.05, 3.63) is 144 Å². The van der Waals surface area contributed by atoms with E-state index in [9.17, 15) is 21.7 Å². The summed E-state index contributed by atoms with van der Waals surface area (Å²) in [6.07, 6.45) is 0. The van der Waals surface area contributed by atoms with Crippen LogP contribution in [0, 0.1) is 0 Å². The zero-order chi connectivity index (χ0) is 30.4. The maximum absolute atomic E-state index is 12.5. The van der Waals surface area contributed by atoms with Gasteiger partial charge in [0.15, 0.2) is 14.7 Å². The second kappa shape index (κ2) is 12.4. The molecule has 0 saturated heterocycles. The Hall–Kier alpha value is -2.84. The van der Waals surface area contributed by atoms with Gasteiger partial charge in [0.05, 0.1) is 10.9 Å². The Morgan fingerprint density at radius 2 is 1.02 bits per heavy atom. The standard InChI is InChI=1S/C31H22ClOS2.6FH.Sb/c32-30-22-25(34-31(33)24-10-4-1-5-11-24)18-21-29(30)23-16-19-28(20-17-23)35(26-12-6-2-7-13-26)27-14-8-3-9-15-27;;;;;;;/h1-22H;6*1H;/q+1;;;;;;;+5/p-6. The summed E-state index contributed by atoms with van der Waals surface area (Å²) in [5, 5.41) is 0.640. The number of halogens is 7. The quantitative estimate of drug-likeness (QED) is 0.0745. The van der Waals surface area contributed by atoms with Gasteiger partial charge in [0.2, 0.25) is 5.12 Å². The van der Waals surface area contributed by atoms with E-state index in [0.717, 1.165) is 16.0 Å². The molecule has 0 aliphatic rings. The molecule has 0 aromatic heterocycles. The van der Waals surface area contributed by atoms with E-state index in [4.69, 9.17) is 11.6 Å². The van der Waals surface area contributed by atoms with E-state index >= 15 is 0 Å². The van der Waals surface area contributed by atoms with Crippen molar-refractivity contribution < 1.29 is 21.7 Å². The Morgan fingerprint density at radius 1 is 0.595 bits per heavy atom. The van der Waals surface area contributed by atoms with Gasteiger partial charge in [-0.3, -0.25) is 4.79 Å². The van der Waals surface area contributed by atoms with E-state index in [-0.39, 0.29) is 16.0 Å². The van der Waals surface area contributed by atoms with Gasteiger partial charge in [0.25, 0.3) is 0 Å². The number of benzene rings is 5. The third-order valence-corrected chi connectivity index (χ3v) is 8.97. The van der Waals surface area contributed by atoms with E-state index < -0.39 is 19.5 Å². The number of thioether (sulfide) groups is 1. The van der Waals surface area contributed by atoms with Gasteiger partial charge in [-0.25, -0.2) is 0 Å². The first-order chi connectivity index (χ1) is 19.6. The van der Waals surface area contributed by atoms with Crippen molar-refractivity contribution in [3.8, 4) is 11.1 Å². The molecule has 0 saturated carbocycles. The normalized spacial score (nSPS) is 13.0. The molecule has 0 spiro atoms. The fraction of sp³-hybridized carbons (Fsp3) is 0. The first-order valence-electron chi connectivity index (χ1n) is 12.2. The molecule has 0 fully saturated rings. The van der Waals surface area contributed by atoms with Crippen molar-refractivity contribution in [1.29, 1.82) is 0 Å². The summed E-state index contributed by atoms with van der Waals surface area (Å²) >= 11 is -3.39. The summed E-state index contributed by atoms with van der Waals surface area (Å²) in [5.41, 5.74) is 2.68. The Morgan fingerprint density at radius 3 is 1.48 bits per heavy atom. The van der Waals surface area contributed by atoms with Crippen LogP contribution in [0.2, 0.25) is 5.02 Å². The first kappa shape index (κ1) is 32.1. The fourth-order valence-electron chi connectivity index (χ4n) is 3.83. The molecule has 0 atom stereocenters. The Labute approximate surface area is 253 Å². The molecule has 0 N–H and O–H groups in total. The maximum atomic E-state index is 12.5. The zero-order valence-electron chi connectivity index (χ0n) is 21.5. The number of carbonyl (C=O) groups is 1. The molecule has 0 bridgehead atoms. The molecule has 5 aromatic carbocycles. The molecule has 218 valence electrons. The molecule has 0 amide bonds. The van der Waals surface area contributed by atoms with Gasteiger partial charge in [0, 0.05) is 21.0 Å². The van der Waals surface area contributed by atoms with E-state index in [1.807, 2.05) is 48.5 Å². The average Bonchev–Trinajstić information content (AvgIpc) is 2.94. The number of carbonyl (C=O) groups excluding carboxylic acids is 1.